The quantitative estimate of drug-likeness (QED) is 0.615. The average Bonchev–Trinajstić information content (AvgIpc) is 2.69. The molecule has 1 aliphatic heterocycles. The summed E-state index contributed by atoms with van der Waals surface area (Å²) in [5.74, 6) is -0.562. The fourth-order valence-corrected chi connectivity index (χ4v) is 2.12. The second-order valence-corrected chi connectivity index (χ2v) is 5.61. The molecule has 0 radical (unpaired) electrons. The van der Waals surface area contributed by atoms with Crippen LogP contribution < -0.4 is 5.32 Å². The van der Waals surface area contributed by atoms with Gasteiger partial charge in [-0.3, -0.25) is 0 Å². The molecule has 108 valence electrons. The van der Waals surface area contributed by atoms with Gasteiger partial charge in [0, 0.05) is 10.2 Å². The second-order valence-electron chi connectivity index (χ2n) is 4.32. The lowest BCUT2D eigenvalue weighted by atomic mass is 10.3. The van der Waals surface area contributed by atoms with Crippen molar-refractivity contribution < 1.29 is 14.3 Å². The third-order valence-electron chi connectivity index (χ3n) is 2.76. The number of nitrogens with one attached hydrogen (secondary N) is 1. The highest BCUT2D eigenvalue weighted by Gasteiger charge is 2.34. The van der Waals surface area contributed by atoms with E-state index in [9.17, 15) is 4.79 Å². The topological polar surface area (TPSA) is 47.6 Å². The summed E-state index contributed by atoms with van der Waals surface area (Å²) in [6.07, 6.45) is 1.15. The average molecular weight is 361 g/mol. The van der Waals surface area contributed by atoms with Crippen LogP contribution in [0.4, 0.5) is 5.69 Å². The van der Waals surface area contributed by atoms with Gasteiger partial charge in [-0.15, -0.1) is 0 Å². The molecular formula is C14H15BrClNO3. The van der Waals surface area contributed by atoms with Crippen molar-refractivity contribution in [2.45, 2.75) is 26.1 Å². The Balaban J connectivity index is 2.08. The summed E-state index contributed by atoms with van der Waals surface area (Å²) in [6.45, 7) is 2.58. The summed E-state index contributed by atoms with van der Waals surface area (Å²) in [6, 6.07) is 7.52. The molecule has 1 atom stereocenters. The first-order valence-corrected chi connectivity index (χ1v) is 7.53. The largest absolute Gasteiger partial charge is 0.425 e. The standard InChI is InChI=1S/C14H15BrClNO3/c1-2-3-8-19-14-12(11(16)13(18)20-14)17-10-6-4-9(15)5-7-10/h4-7,14,17H,2-3,8H2,1H3. The first-order valence-electron chi connectivity index (χ1n) is 6.36. The Labute approximate surface area is 131 Å². The predicted octanol–water partition coefficient (Wildman–Crippen LogP) is 4.01. The van der Waals surface area contributed by atoms with Crippen molar-refractivity contribution in [2.24, 2.45) is 0 Å². The molecule has 6 heteroatoms. The number of cyclic esters (lactones) is 1. The number of unbranched alkanes of at least 4 members (excludes halogenated alkanes) is 1. The van der Waals surface area contributed by atoms with Crippen LogP contribution in [-0.2, 0) is 14.3 Å². The van der Waals surface area contributed by atoms with Crippen LogP contribution in [0.15, 0.2) is 39.5 Å². The van der Waals surface area contributed by atoms with Crippen LogP contribution in [0.2, 0.25) is 0 Å². The number of rotatable bonds is 6. The van der Waals surface area contributed by atoms with Gasteiger partial charge < -0.3 is 14.8 Å². The number of carbonyl (C=O) groups is 1. The van der Waals surface area contributed by atoms with E-state index in [1.165, 1.54) is 0 Å². The molecule has 0 bridgehead atoms. The van der Waals surface area contributed by atoms with Crippen molar-refractivity contribution in [1.82, 2.24) is 0 Å². The lowest BCUT2D eigenvalue weighted by Gasteiger charge is -2.16. The number of anilines is 1. The van der Waals surface area contributed by atoms with Gasteiger partial charge in [-0.05, 0) is 30.7 Å². The van der Waals surface area contributed by atoms with E-state index in [-0.39, 0.29) is 5.03 Å². The molecule has 1 aromatic rings. The van der Waals surface area contributed by atoms with Gasteiger partial charge in [-0.2, -0.15) is 0 Å². The minimum absolute atomic E-state index is 0.0365. The zero-order chi connectivity index (χ0) is 14.5. The number of ether oxygens (including phenoxy) is 2. The van der Waals surface area contributed by atoms with E-state index in [2.05, 4.69) is 28.2 Å². The van der Waals surface area contributed by atoms with Crippen molar-refractivity contribution in [1.29, 1.82) is 0 Å². The molecule has 2 rings (SSSR count). The molecule has 1 unspecified atom stereocenters. The highest BCUT2D eigenvalue weighted by molar-refractivity contribution is 9.10. The van der Waals surface area contributed by atoms with Crippen LogP contribution in [0.3, 0.4) is 0 Å². The minimum Gasteiger partial charge on any atom is -0.425 e. The van der Waals surface area contributed by atoms with Crippen molar-refractivity contribution in [2.75, 3.05) is 11.9 Å². The number of hydrogen-bond acceptors (Lipinski definition) is 4. The third-order valence-corrected chi connectivity index (χ3v) is 3.64. The molecule has 1 heterocycles. The Morgan fingerprint density at radius 3 is 2.75 bits per heavy atom. The molecule has 1 N–H and O–H groups in total. The molecule has 1 aromatic carbocycles. The Kier molecular flexibility index (Phi) is 5.46. The van der Waals surface area contributed by atoms with Gasteiger partial charge in [-0.25, -0.2) is 4.79 Å². The van der Waals surface area contributed by atoms with Gasteiger partial charge in [0.2, 0.25) is 6.29 Å². The van der Waals surface area contributed by atoms with Gasteiger partial charge in [0.05, 0.1) is 6.61 Å². The predicted molar refractivity (Wildman–Crippen MR) is 81.4 cm³/mol. The van der Waals surface area contributed by atoms with E-state index in [4.69, 9.17) is 21.1 Å². The molecule has 0 spiro atoms. The molecule has 0 fully saturated rings. The SMILES string of the molecule is CCCCOC1OC(=O)C(Cl)=C1Nc1ccc(Br)cc1. The molecule has 20 heavy (non-hydrogen) atoms. The normalized spacial score (nSPS) is 18.4. The van der Waals surface area contributed by atoms with E-state index in [1.807, 2.05) is 24.3 Å². The van der Waals surface area contributed by atoms with Crippen molar-refractivity contribution >= 4 is 39.2 Å². The van der Waals surface area contributed by atoms with Crippen LogP contribution in [-0.4, -0.2) is 18.9 Å². The number of hydrogen-bond donors (Lipinski definition) is 1. The fourth-order valence-electron chi connectivity index (χ4n) is 1.68. The van der Waals surface area contributed by atoms with Crippen LogP contribution in [0.5, 0.6) is 0 Å². The molecule has 0 saturated carbocycles. The van der Waals surface area contributed by atoms with Gasteiger partial charge in [0.15, 0.2) is 5.03 Å². The maximum Gasteiger partial charge on any atom is 0.354 e. The minimum atomic E-state index is -0.759. The first-order chi connectivity index (χ1) is 9.61. The number of carbonyl (C=O) groups excluding carboxylic acids is 1. The molecule has 0 amide bonds. The Bertz CT molecular complexity index is 516. The monoisotopic (exact) mass is 359 g/mol. The molecule has 4 nitrogen and oxygen atoms in total. The van der Waals surface area contributed by atoms with E-state index in [0.29, 0.717) is 12.3 Å². The van der Waals surface area contributed by atoms with Crippen molar-refractivity contribution in [3.8, 4) is 0 Å². The second kappa shape index (κ2) is 7.11. The Morgan fingerprint density at radius 1 is 1.40 bits per heavy atom. The zero-order valence-corrected chi connectivity index (χ0v) is 13.3. The van der Waals surface area contributed by atoms with Gasteiger partial charge >= 0.3 is 5.97 Å². The number of esters is 1. The van der Waals surface area contributed by atoms with E-state index < -0.39 is 12.3 Å². The highest BCUT2D eigenvalue weighted by atomic mass is 79.9. The summed E-state index contributed by atoms with van der Waals surface area (Å²) in [5, 5.41) is 3.12. The molecule has 0 aromatic heterocycles. The Morgan fingerprint density at radius 2 is 2.10 bits per heavy atom. The summed E-state index contributed by atoms with van der Waals surface area (Å²) in [5.41, 5.74) is 1.26. The van der Waals surface area contributed by atoms with Crippen LogP contribution in [0.1, 0.15) is 19.8 Å². The van der Waals surface area contributed by atoms with Crippen molar-refractivity contribution in [3.63, 3.8) is 0 Å². The Hall–Kier alpha value is -1.04. The molecule has 0 aliphatic carbocycles. The smallest absolute Gasteiger partial charge is 0.354 e. The molecule has 1 aliphatic rings. The van der Waals surface area contributed by atoms with Crippen LogP contribution >= 0.6 is 27.5 Å². The summed E-state index contributed by atoms with van der Waals surface area (Å²) in [4.78, 5) is 11.5. The lowest BCUT2D eigenvalue weighted by Crippen LogP contribution is -2.21. The van der Waals surface area contributed by atoms with Crippen LogP contribution in [0, 0.1) is 0 Å². The third kappa shape index (κ3) is 3.75. The van der Waals surface area contributed by atoms with Gasteiger partial charge in [-0.1, -0.05) is 40.9 Å². The van der Waals surface area contributed by atoms with E-state index >= 15 is 0 Å². The zero-order valence-electron chi connectivity index (χ0n) is 11.0. The van der Waals surface area contributed by atoms with Gasteiger partial charge in [0.25, 0.3) is 0 Å². The maximum atomic E-state index is 11.5. The number of halogens is 2. The first kappa shape index (κ1) is 15.4. The summed E-state index contributed by atoms with van der Waals surface area (Å²) >= 11 is 9.33. The van der Waals surface area contributed by atoms with E-state index in [0.717, 1.165) is 23.0 Å². The summed E-state index contributed by atoms with van der Waals surface area (Å²) in [7, 11) is 0. The molecule has 0 saturated heterocycles. The maximum absolute atomic E-state index is 11.5. The molecular weight excluding hydrogens is 346 g/mol. The summed E-state index contributed by atoms with van der Waals surface area (Å²) < 4.78 is 11.6. The lowest BCUT2D eigenvalue weighted by molar-refractivity contribution is -0.159. The van der Waals surface area contributed by atoms with E-state index in [1.54, 1.807) is 0 Å². The highest BCUT2D eigenvalue weighted by Crippen LogP contribution is 2.28. The fraction of sp³-hybridized carbons (Fsp3) is 0.357. The van der Waals surface area contributed by atoms with Crippen molar-refractivity contribution in [3.05, 3.63) is 39.5 Å². The number of benzene rings is 1. The van der Waals surface area contributed by atoms with Crippen LogP contribution in [0.25, 0.3) is 0 Å². The van der Waals surface area contributed by atoms with Gasteiger partial charge in [0.1, 0.15) is 5.70 Å².